The van der Waals surface area contributed by atoms with E-state index >= 15 is 0 Å². The molecule has 3 N–H and O–H groups in total. The van der Waals surface area contributed by atoms with Crippen LogP contribution < -0.4 is 5.73 Å². The molecular formula is C8H17N3O. The minimum absolute atomic E-state index is 0.305. The van der Waals surface area contributed by atoms with Gasteiger partial charge in [-0.15, -0.1) is 0 Å². The minimum atomic E-state index is 0.305. The van der Waals surface area contributed by atoms with Crippen LogP contribution in [0.5, 0.6) is 0 Å². The van der Waals surface area contributed by atoms with Crippen molar-refractivity contribution in [2.75, 3.05) is 20.6 Å². The van der Waals surface area contributed by atoms with Crippen molar-refractivity contribution in [2.24, 2.45) is 16.3 Å². The van der Waals surface area contributed by atoms with Crippen LogP contribution in [0.25, 0.3) is 0 Å². The van der Waals surface area contributed by atoms with Gasteiger partial charge in [-0.2, -0.15) is 0 Å². The van der Waals surface area contributed by atoms with Crippen molar-refractivity contribution in [1.82, 2.24) is 4.90 Å². The molecule has 0 bridgehead atoms. The van der Waals surface area contributed by atoms with E-state index in [1.165, 1.54) is 12.8 Å². The first-order valence-corrected chi connectivity index (χ1v) is 4.19. The number of nitrogens with two attached hydrogens (primary N) is 1. The van der Waals surface area contributed by atoms with E-state index in [0.29, 0.717) is 11.3 Å². The third-order valence-corrected chi connectivity index (χ3v) is 2.29. The number of hydrogen-bond acceptors (Lipinski definition) is 3. The summed E-state index contributed by atoms with van der Waals surface area (Å²) in [7, 11) is 4.10. The molecule has 1 fully saturated rings. The van der Waals surface area contributed by atoms with Crippen LogP contribution in [0.2, 0.25) is 0 Å². The quantitative estimate of drug-likeness (QED) is 0.280. The van der Waals surface area contributed by atoms with Gasteiger partial charge in [-0.25, -0.2) is 0 Å². The Balaban J connectivity index is 2.39. The molecule has 0 radical (unpaired) electrons. The number of hydrogen-bond donors (Lipinski definition) is 2. The van der Waals surface area contributed by atoms with Crippen molar-refractivity contribution < 1.29 is 5.21 Å². The maximum absolute atomic E-state index is 8.41. The van der Waals surface area contributed by atoms with Crippen molar-refractivity contribution in [1.29, 1.82) is 0 Å². The average molecular weight is 171 g/mol. The van der Waals surface area contributed by atoms with Gasteiger partial charge >= 0.3 is 0 Å². The Labute approximate surface area is 73.0 Å². The van der Waals surface area contributed by atoms with E-state index in [1.54, 1.807) is 0 Å². The highest BCUT2D eigenvalue weighted by Gasteiger charge is 2.43. The molecule has 0 aromatic heterocycles. The zero-order valence-corrected chi connectivity index (χ0v) is 7.75. The van der Waals surface area contributed by atoms with Gasteiger partial charge in [-0.3, -0.25) is 0 Å². The van der Waals surface area contributed by atoms with E-state index < -0.39 is 0 Å². The van der Waals surface area contributed by atoms with Crippen LogP contribution in [-0.4, -0.2) is 36.6 Å². The lowest BCUT2D eigenvalue weighted by Gasteiger charge is -2.18. The molecule has 0 aromatic carbocycles. The second-order valence-electron chi connectivity index (χ2n) is 4.01. The molecule has 0 heterocycles. The second kappa shape index (κ2) is 3.31. The van der Waals surface area contributed by atoms with Gasteiger partial charge in [-0.1, -0.05) is 5.16 Å². The fraction of sp³-hybridized carbons (Fsp3) is 0.875. The van der Waals surface area contributed by atoms with E-state index in [9.17, 15) is 0 Å². The summed E-state index contributed by atoms with van der Waals surface area (Å²) in [5.41, 5.74) is 5.76. The zero-order valence-electron chi connectivity index (χ0n) is 7.75. The van der Waals surface area contributed by atoms with Crippen LogP contribution in [0.15, 0.2) is 5.16 Å². The van der Waals surface area contributed by atoms with Gasteiger partial charge in [0.1, 0.15) is 5.84 Å². The van der Waals surface area contributed by atoms with Crippen LogP contribution in [0.4, 0.5) is 0 Å². The molecule has 70 valence electrons. The zero-order chi connectivity index (χ0) is 9.19. The molecule has 4 heteroatoms. The van der Waals surface area contributed by atoms with Crippen LogP contribution >= 0.6 is 0 Å². The maximum Gasteiger partial charge on any atom is 0.139 e. The first-order chi connectivity index (χ1) is 5.58. The standard InChI is InChI=1S/C8H17N3O/c1-11(2)6-8(3-4-8)5-7(9)10-12/h12H,3-6H2,1-2H3,(H2,9,10). The lowest BCUT2D eigenvalue weighted by molar-refractivity contribution is 0.298. The summed E-state index contributed by atoms with van der Waals surface area (Å²) in [4.78, 5) is 2.15. The number of rotatable bonds is 4. The average Bonchev–Trinajstić information content (AvgIpc) is 2.67. The Morgan fingerprint density at radius 3 is 2.50 bits per heavy atom. The van der Waals surface area contributed by atoms with E-state index in [2.05, 4.69) is 10.1 Å². The van der Waals surface area contributed by atoms with Crippen molar-refractivity contribution in [3.05, 3.63) is 0 Å². The fourth-order valence-corrected chi connectivity index (χ4v) is 1.66. The molecule has 0 aromatic rings. The normalized spacial score (nSPS) is 21.4. The van der Waals surface area contributed by atoms with Crippen molar-refractivity contribution in [2.45, 2.75) is 19.3 Å². The first kappa shape index (κ1) is 9.32. The summed E-state index contributed by atoms with van der Waals surface area (Å²) < 4.78 is 0. The third-order valence-electron chi connectivity index (χ3n) is 2.29. The Morgan fingerprint density at radius 2 is 2.17 bits per heavy atom. The van der Waals surface area contributed by atoms with Crippen molar-refractivity contribution >= 4 is 5.84 Å². The third kappa shape index (κ3) is 2.37. The predicted molar refractivity (Wildman–Crippen MR) is 48.2 cm³/mol. The number of nitrogens with zero attached hydrogens (tertiary/aromatic N) is 2. The lowest BCUT2D eigenvalue weighted by atomic mass is 10.0. The van der Waals surface area contributed by atoms with E-state index in [-0.39, 0.29) is 0 Å². The molecule has 0 aliphatic heterocycles. The Morgan fingerprint density at radius 1 is 1.58 bits per heavy atom. The van der Waals surface area contributed by atoms with Crippen LogP contribution in [0, 0.1) is 5.41 Å². The van der Waals surface area contributed by atoms with E-state index in [1.807, 2.05) is 14.1 Å². The fourth-order valence-electron chi connectivity index (χ4n) is 1.66. The monoisotopic (exact) mass is 171 g/mol. The number of amidine groups is 1. The van der Waals surface area contributed by atoms with Crippen LogP contribution in [-0.2, 0) is 0 Å². The van der Waals surface area contributed by atoms with Crippen molar-refractivity contribution in [3.63, 3.8) is 0 Å². The summed E-state index contributed by atoms with van der Waals surface area (Å²) in [6.07, 6.45) is 3.12. The summed E-state index contributed by atoms with van der Waals surface area (Å²) in [6, 6.07) is 0. The van der Waals surface area contributed by atoms with E-state index in [4.69, 9.17) is 10.9 Å². The maximum atomic E-state index is 8.41. The molecule has 1 aliphatic rings. The molecule has 0 unspecified atom stereocenters. The molecule has 0 saturated heterocycles. The summed E-state index contributed by atoms with van der Waals surface area (Å²) >= 11 is 0. The summed E-state index contributed by atoms with van der Waals surface area (Å²) in [6.45, 7) is 1.03. The highest BCUT2D eigenvalue weighted by Crippen LogP contribution is 2.48. The SMILES string of the molecule is CN(C)CC1(CC(N)=NO)CC1. The molecule has 0 atom stereocenters. The summed E-state index contributed by atoms with van der Waals surface area (Å²) in [5, 5.41) is 11.4. The van der Waals surface area contributed by atoms with Gasteiger partial charge in [0, 0.05) is 13.0 Å². The van der Waals surface area contributed by atoms with Gasteiger partial charge in [0.2, 0.25) is 0 Å². The summed E-state index contributed by atoms with van der Waals surface area (Å²) in [5.74, 6) is 0.356. The molecule has 0 spiro atoms. The van der Waals surface area contributed by atoms with Gasteiger partial charge in [-0.05, 0) is 32.4 Å². The highest BCUT2D eigenvalue weighted by atomic mass is 16.4. The minimum Gasteiger partial charge on any atom is -0.409 e. The van der Waals surface area contributed by atoms with Gasteiger partial charge in [0.15, 0.2) is 0 Å². The smallest absolute Gasteiger partial charge is 0.139 e. The Kier molecular flexibility index (Phi) is 2.57. The van der Waals surface area contributed by atoms with Crippen LogP contribution in [0.3, 0.4) is 0 Å². The molecular weight excluding hydrogens is 154 g/mol. The first-order valence-electron chi connectivity index (χ1n) is 4.19. The van der Waals surface area contributed by atoms with Gasteiger partial charge in [0.25, 0.3) is 0 Å². The van der Waals surface area contributed by atoms with Gasteiger partial charge in [0.05, 0.1) is 0 Å². The Hall–Kier alpha value is -0.770. The molecule has 4 nitrogen and oxygen atoms in total. The largest absolute Gasteiger partial charge is 0.409 e. The predicted octanol–water partition coefficient (Wildman–Crippen LogP) is 0.465. The molecule has 0 amide bonds. The van der Waals surface area contributed by atoms with Crippen molar-refractivity contribution in [3.8, 4) is 0 Å². The molecule has 1 saturated carbocycles. The topological polar surface area (TPSA) is 61.8 Å². The highest BCUT2D eigenvalue weighted by molar-refractivity contribution is 5.80. The molecule has 12 heavy (non-hydrogen) atoms. The number of oxime groups is 1. The second-order valence-corrected chi connectivity index (χ2v) is 4.01. The van der Waals surface area contributed by atoms with Gasteiger partial charge < -0.3 is 15.8 Å². The Bertz CT molecular complexity index is 185. The molecule has 1 rings (SSSR count). The lowest BCUT2D eigenvalue weighted by Crippen LogP contribution is -2.27. The van der Waals surface area contributed by atoms with E-state index in [0.717, 1.165) is 13.0 Å². The van der Waals surface area contributed by atoms with Crippen LogP contribution in [0.1, 0.15) is 19.3 Å². The molecule has 1 aliphatic carbocycles.